The minimum absolute atomic E-state index is 0.0369. The normalized spacial score (nSPS) is 17.3. The highest BCUT2D eigenvalue weighted by Crippen LogP contribution is 2.44. The Kier molecular flexibility index (Phi) is 5.39. The average Bonchev–Trinajstić information content (AvgIpc) is 3.50. The van der Waals surface area contributed by atoms with E-state index in [1.807, 2.05) is 30.3 Å². The molecule has 4 heterocycles. The third-order valence-electron chi connectivity index (χ3n) is 7.39. The van der Waals surface area contributed by atoms with E-state index >= 15 is 8.78 Å². The second kappa shape index (κ2) is 9.49. The summed E-state index contributed by atoms with van der Waals surface area (Å²) in [6, 6.07) is 11.1. The quantitative estimate of drug-likeness (QED) is 0.284. The van der Waals surface area contributed by atoms with Crippen molar-refractivity contribution in [1.82, 2.24) is 24.5 Å². The summed E-state index contributed by atoms with van der Waals surface area (Å²) in [6.45, 7) is -1.63. The van der Waals surface area contributed by atoms with Crippen molar-refractivity contribution in [2.45, 2.75) is 30.6 Å². The molecule has 0 amide bonds. The zero-order chi connectivity index (χ0) is 30.0. The largest absolute Gasteiger partial charge is 0.381 e. The van der Waals surface area contributed by atoms with E-state index in [9.17, 15) is 8.42 Å². The molecule has 1 atom stereocenters. The molecule has 0 unspecified atom stereocenters. The van der Waals surface area contributed by atoms with E-state index in [1.165, 1.54) is 10.9 Å². The third kappa shape index (κ3) is 4.20. The first-order valence-electron chi connectivity index (χ1n) is 13.9. The molecule has 1 saturated heterocycles. The van der Waals surface area contributed by atoms with Crippen LogP contribution >= 0.6 is 0 Å². The minimum Gasteiger partial charge on any atom is -0.381 e. The lowest BCUT2D eigenvalue weighted by atomic mass is 9.86. The number of ether oxygens (including phenoxy) is 1. The van der Waals surface area contributed by atoms with Gasteiger partial charge in [-0.15, -0.1) is 5.10 Å². The molecule has 202 valence electrons. The first kappa shape index (κ1) is 22.2. The van der Waals surface area contributed by atoms with Gasteiger partial charge < -0.3 is 9.30 Å². The van der Waals surface area contributed by atoms with Gasteiger partial charge >= 0.3 is 0 Å². The molecule has 0 saturated carbocycles. The van der Waals surface area contributed by atoms with Crippen LogP contribution in [0.3, 0.4) is 0 Å². The lowest BCUT2D eigenvalue weighted by Gasteiger charge is -2.33. The number of hydrogen-bond donors (Lipinski definition) is 0. The predicted molar refractivity (Wildman–Crippen MR) is 143 cm³/mol. The Bertz CT molecular complexity index is 1940. The summed E-state index contributed by atoms with van der Waals surface area (Å²) in [4.78, 5) is 4.18. The summed E-state index contributed by atoms with van der Waals surface area (Å²) in [5, 5.41) is 7.72. The number of fused-ring (bicyclic) bond motifs is 3. The molecule has 8 nitrogen and oxygen atoms in total. The fraction of sp³-hybridized carbons (Fsp3) is 0.321. The van der Waals surface area contributed by atoms with Crippen molar-refractivity contribution in [3.8, 4) is 11.3 Å². The maximum Gasteiger partial charge on any atom is 0.183 e. The summed E-state index contributed by atoms with van der Waals surface area (Å²) in [5.41, 5.74) is 1.30. The number of aryl methyl sites for hydroxylation is 2. The van der Waals surface area contributed by atoms with Crippen molar-refractivity contribution in [3.05, 3.63) is 71.6 Å². The molecule has 5 aromatic rings. The molecule has 39 heavy (non-hydrogen) atoms. The van der Waals surface area contributed by atoms with Gasteiger partial charge in [0.2, 0.25) is 0 Å². The number of aromatic nitrogens is 5. The van der Waals surface area contributed by atoms with Crippen LogP contribution in [-0.2, 0) is 21.6 Å². The summed E-state index contributed by atoms with van der Waals surface area (Å²) in [7, 11) is -2.48. The van der Waals surface area contributed by atoms with Crippen molar-refractivity contribution in [2.24, 2.45) is 13.0 Å². The van der Waals surface area contributed by atoms with Crippen LogP contribution in [0.5, 0.6) is 0 Å². The van der Waals surface area contributed by atoms with Crippen LogP contribution in [0.15, 0.2) is 53.6 Å². The van der Waals surface area contributed by atoms with Gasteiger partial charge in [-0.1, -0.05) is 35.5 Å². The summed E-state index contributed by atoms with van der Waals surface area (Å²) >= 11 is 0. The van der Waals surface area contributed by atoms with E-state index in [2.05, 4.69) is 15.3 Å². The highest BCUT2D eigenvalue weighted by molar-refractivity contribution is 7.91. The molecular weight excluding hydrogens is 524 g/mol. The minimum atomic E-state index is -4.03. The molecule has 1 aliphatic rings. The van der Waals surface area contributed by atoms with Gasteiger partial charge in [0.1, 0.15) is 0 Å². The Labute approximate surface area is 228 Å². The van der Waals surface area contributed by atoms with Gasteiger partial charge in [-0.05, 0) is 43.3 Å². The Morgan fingerprint density at radius 2 is 1.90 bits per heavy atom. The highest BCUT2D eigenvalue weighted by Gasteiger charge is 2.34. The number of sulfone groups is 1. The summed E-state index contributed by atoms with van der Waals surface area (Å²) in [5.74, 6) is -2.58. The number of rotatable bonds is 5. The maximum absolute atomic E-state index is 16.0. The Morgan fingerprint density at radius 1 is 1.15 bits per heavy atom. The zero-order valence-corrected chi connectivity index (χ0v) is 22.0. The van der Waals surface area contributed by atoms with Gasteiger partial charge in [-0.2, -0.15) is 0 Å². The van der Waals surface area contributed by atoms with Crippen LogP contribution in [0.1, 0.15) is 34.3 Å². The first-order valence-corrected chi connectivity index (χ1v) is 14.3. The molecule has 1 aliphatic heterocycles. The standard InChI is InChI=1S/C28H27F2N5O3S/c1-16-26(34(2)33-32-16)19-13-21-25(31-15-19)23-22(39(3,36)37)14-20(29)24(30)28(23)35(21)27(17-7-5-4-6-8-17)18-9-11-38-12-10-18/h4-8,13-15,18,27H,9-12H2,1-3H3/t27-/m1/s1/i1D3. The molecule has 0 N–H and O–H groups in total. The Morgan fingerprint density at radius 3 is 2.59 bits per heavy atom. The van der Waals surface area contributed by atoms with Crippen LogP contribution in [0.25, 0.3) is 33.2 Å². The predicted octanol–water partition coefficient (Wildman–Crippen LogP) is 4.99. The highest BCUT2D eigenvalue weighted by atomic mass is 32.2. The smallest absolute Gasteiger partial charge is 0.183 e. The van der Waals surface area contributed by atoms with Gasteiger partial charge in [0.25, 0.3) is 0 Å². The van der Waals surface area contributed by atoms with Crippen molar-refractivity contribution in [1.29, 1.82) is 0 Å². The Balaban J connectivity index is 1.78. The van der Waals surface area contributed by atoms with E-state index < -0.39 is 34.4 Å². The molecule has 6 rings (SSSR count). The Hall–Kier alpha value is -3.70. The number of benzene rings is 2. The molecule has 1 fully saturated rings. The molecule has 3 aromatic heterocycles. The number of halogens is 2. The topological polar surface area (TPSA) is 91.9 Å². The van der Waals surface area contributed by atoms with Crippen molar-refractivity contribution >= 4 is 31.8 Å². The SMILES string of the molecule is [2H]C([2H])([2H])c1nnn(C)c1-c1cnc2c3c(S(C)(=O)=O)cc(F)c(F)c3n([C@H](c3ccccc3)C3CCOCC3)c2c1. The van der Waals surface area contributed by atoms with Crippen LogP contribution in [0.2, 0.25) is 0 Å². The molecular formula is C28H27F2N5O3S. The van der Waals surface area contributed by atoms with E-state index in [4.69, 9.17) is 8.85 Å². The van der Waals surface area contributed by atoms with Crippen LogP contribution in [-0.4, -0.2) is 52.4 Å². The van der Waals surface area contributed by atoms with Gasteiger partial charge in [0.15, 0.2) is 21.5 Å². The van der Waals surface area contributed by atoms with E-state index in [-0.39, 0.29) is 38.6 Å². The maximum atomic E-state index is 16.0. The van der Waals surface area contributed by atoms with Gasteiger partial charge in [-0.3, -0.25) is 4.98 Å². The second-order valence-corrected chi connectivity index (χ2v) is 11.8. The van der Waals surface area contributed by atoms with Crippen LogP contribution in [0, 0.1) is 24.4 Å². The zero-order valence-electron chi connectivity index (χ0n) is 24.2. The monoisotopic (exact) mass is 554 g/mol. The summed E-state index contributed by atoms with van der Waals surface area (Å²) in [6.07, 6.45) is 3.56. The van der Waals surface area contributed by atoms with Gasteiger partial charge in [-0.25, -0.2) is 21.9 Å². The fourth-order valence-corrected chi connectivity index (χ4v) is 6.58. The number of hydrogen-bond acceptors (Lipinski definition) is 6. The lowest BCUT2D eigenvalue weighted by Crippen LogP contribution is -2.27. The molecule has 0 radical (unpaired) electrons. The van der Waals surface area contributed by atoms with Crippen LogP contribution in [0.4, 0.5) is 8.78 Å². The van der Waals surface area contributed by atoms with Crippen molar-refractivity contribution in [2.75, 3.05) is 19.5 Å². The van der Waals surface area contributed by atoms with Crippen molar-refractivity contribution < 1.29 is 26.0 Å². The molecule has 11 heteroatoms. The van der Waals surface area contributed by atoms with E-state index in [0.29, 0.717) is 43.2 Å². The third-order valence-corrected chi connectivity index (χ3v) is 8.52. The van der Waals surface area contributed by atoms with Gasteiger partial charge in [0, 0.05) is 47.8 Å². The summed E-state index contributed by atoms with van der Waals surface area (Å²) < 4.78 is 89.5. The fourth-order valence-electron chi connectivity index (χ4n) is 5.70. The number of nitrogens with zero attached hydrogens (tertiary/aromatic N) is 5. The van der Waals surface area contributed by atoms with E-state index in [0.717, 1.165) is 11.8 Å². The molecule has 0 spiro atoms. The molecule has 0 aliphatic carbocycles. The first-order chi connectivity index (χ1) is 19.9. The molecule has 0 bridgehead atoms. The number of pyridine rings is 1. The lowest BCUT2D eigenvalue weighted by molar-refractivity contribution is 0.0552. The van der Waals surface area contributed by atoms with E-state index in [1.54, 1.807) is 17.7 Å². The van der Waals surface area contributed by atoms with Crippen molar-refractivity contribution in [3.63, 3.8) is 0 Å². The molecule has 2 aromatic carbocycles. The van der Waals surface area contributed by atoms with Gasteiger partial charge in [0.05, 0.1) is 38.9 Å². The average molecular weight is 555 g/mol. The van der Waals surface area contributed by atoms with Crippen LogP contribution < -0.4 is 0 Å². The second-order valence-electron chi connectivity index (χ2n) is 9.84.